The molecular weight excluding hydrogens is 246 g/mol. The fraction of sp³-hybridized carbons (Fsp3) is 0.833. The second-order valence-corrected chi connectivity index (χ2v) is 7.71. The summed E-state index contributed by atoms with van der Waals surface area (Å²) < 4.78 is 0. The predicted molar refractivity (Wildman–Crippen MR) is 84.4 cm³/mol. The molecule has 0 aromatic rings. The lowest BCUT2D eigenvalue weighted by Gasteiger charge is -2.30. The molecule has 114 valence electrons. The molecule has 1 fully saturated rings. The van der Waals surface area contributed by atoms with Crippen LogP contribution in [0.1, 0.15) is 59.8 Å². The van der Waals surface area contributed by atoms with E-state index in [0.717, 1.165) is 37.3 Å². The lowest BCUT2D eigenvalue weighted by atomic mass is 9.89. The zero-order valence-corrected chi connectivity index (χ0v) is 13.7. The summed E-state index contributed by atoms with van der Waals surface area (Å²) in [7, 11) is 0. The van der Waals surface area contributed by atoms with Gasteiger partial charge in [-0.1, -0.05) is 39.8 Å². The molecule has 3 unspecified atom stereocenters. The molecule has 0 aromatic heterocycles. The summed E-state index contributed by atoms with van der Waals surface area (Å²) in [4.78, 5) is 14.6. The van der Waals surface area contributed by atoms with Crippen molar-refractivity contribution in [2.75, 3.05) is 13.1 Å². The quantitative estimate of drug-likeness (QED) is 0.687. The number of hydrogen-bond donors (Lipinski definition) is 0. The Bertz CT molecular complexity index is 366. The Kier molecular flexibility index (Phi) is 4.93. The number of carbonyl (C=O) groups excluding carboxylic acids is 1. The van der Waals surface area contributed by atoms with Gasteiger partial charge in [0.25, 0.3) is 0 Å². The summed E-state index contributed by atoms with van der Waals surface area (Å²) in [6, 6.07) is 0. The van der Waals surface area contributed by atoms with Crippen LogP contribution in [0.25, 0.3) is 0 Å². The van der Waals surface area contributed by atoms with Crippen LogP contribution in [0.15, 0.2) is 12.2 Å². The molecule has 2 rings (SSSR count). The first kappa shape index (κ1) is 15.6. The molecule has 0 aromatic carbocycles. The monoisotopic (exact) mass is 277 g/mol. The van der Waals surface area contributed by atoms with Crippen molar-refractivity contribution in [2.45, 2.75) is 59.8 Å². The van der Waals surface area contributed by atoms with Gasteiger partial charge in [0.15, 0.2) is 0 Å². The Hall–Kier alpha value is -0.790. The third kappa shape index (κ3) is 3.86. The summed E-state index contributed by atoms with van der Waals surface area (Å²) in [5.74, 6) is 2.86. The third-order valence-corrected chi connectivity index (χ3v) is 4.77. The molecule has 3 atom stereocenters. The maximum atomic E-state index is 12.5. The molecule has 0 saturated heterocycles. The van der Waals surface area contributed by atoms with Crippen molar-refractivity contribution in [3.63, 3.8) is 0 Å². The average Bonchev–Trinajstić information content (AvgIpc) is 3.17. The predicted octanol–water partition coefficient (Wildman–Crippen LogP) is 4.26. The van der Waals surface area contributed by atoms with Gasteiger partial charge < -0.3 is 4.90 Å². The summed E-state index contributed by atoms with van der Waals surface area (Å²) in [5, 5.41) is 0. The van der Waals surface area contributed by atoms with Gasteiger partial charge in [0, 0.05) is 18.5 Å². The highest BCUT2D eigenvalue weighted by Crippen LogP contribution is 2.48. The van der Waals surface area contributed by atoms with E-state index in [9.17, 15) is 4.79 Å². The Balaban J connectivity index is 1.87. The Morgan fingerprint density at radius 1 is 1.30 bits per heavy atom. The first-order chi connectivity index (χ1) is 9.43. The van der Waals surface area contributed by atoms with E-state index in [1.807, 2.05) is 20.8 Å². The fourth-order valence-electron chi connectivity index (χ4n) is 3.57. The zero-order chi connectivity index (χ0) is 14.8. The van der Waals surface area contributed by atoms with Gasteiger partial charge in [-0.2, -0.15) is 0 Å². The molecule has 20 heavy (non-hydrogen) atoms. The van der Waals surface area contributed by atoms with Crippen LogP contribution in [-0.4, -0.2) is 23.9 Å². The number of amides is 1. The lowest BCUT2D eigenvalue weighted by molar-refractivity contribution is -0.139. The van der Waals surface area contributed by atoms with Crippen LogP contribution in [0.3, 0.4) is 0 Å². The molecule has 2 aliphatic rings. The van der Waals surface area contributed by atoms with Gasteiger partial charge in [0.2, 0.25) is 5.91 Å². The van der Waals surface area contributed by atoms with Crippen molar-refractivity contribution in [2.24, 2.45) is 23.2 Å². The van der Waals surface area contributed by atoms with Gasteiger partial charge >= 0.3 is 0 Å². The second kappa shape index (κ2) is 6.32. The second-order valence-electron chi connectivity index (χ2n) is 7.71. The standard InChI is InChI=1S/C18H31NO/c1-5-11-19(17(20)18(2,3)4)13-15-12-16(15)14-9-7-6-8-10-14/h6-7,14-16H,5,8-13H2,1-4H3. The van der Waals surface area contributed by atoms with Crippen LogP contribution in [0.4, 0.5) is 0 Å². The van der Waals surface area contributed by atoms with Gasteiger partial charge in [-0.05, 0) is 49.9 Å². The maximum Gasteiger partial charge on any atom is 0.227 e. The van der Waals surface area contributed by atoms with Gasteiger partial charge in [-0.25, -0.2) is 0 Å². The van der Waals surface area contributed by atoms with Crippen LogP contribution in [-0.2, 0) is 4.79 Å². The van der Waals surface area contributed by atoms with Crippen molar-refractivity contribution < 1.29 is 4.79 Å². The first-order valence-corrected chi connectivity index (χ1v) is 8.38. The van der Waals surface area contributed by atoms with Crippen molar-refractivity contribution in [3.05, 3.63) is 12.2 Å². The van der Waals surface area contributed by atoms with E-state index < -0.39 is 0 Å². The van der Waals surface area contributed by atoms with E-state index in [2.05, 4.69) is 24.0 Å². The van der Waals surface area contributed by atoms with Crippen molar-refractivity contribution >= 4 is 5.91 Å². The Morgan fingerprint density at radius 2 is 2.05 bits per heavy atom. The number of carbonyl (C=O) groups is 1. The number of nitrogens with zero attached hydrogens (tertiary/aromatic N) is 1. The summed E-state index contributed by atoms with van der Waals surface area (Å²) in [6.45, 7) is 10.2. The third-order valence-electron chi connectivity index (χ3n) is 4.77. The number of hydrogen-bond acceptors (Lipinski definition) is 1. The Morgan fingerprint density at radius 3 is 2.60 bits per heavy atom. The minimum absolute atomic E-state index is 0.243. The molecule has 0 radical (unpaired) electrons. The minimum Gasteiger partial charge on any atom is -0.342 e. The first-order valence-electron chi connectivity index (χ1n) is 8.38. The molecule has 0 spiro atoms. The van der Waals surface area contributed by atoms with Crippen LogP contribution in [0, 0.1) is 23.2 Å². The van der Waals surface area contributed by atoms with Crippen LogP contribution >= 0.6 is 0 Å². The molecule has 0 N–H and O–H groups in total. The van der Waals surface area contributed by atoms with Gasteiger partial charge in [0.05, 0.1) is 0 Å². The largest absolute Gasteiger partial charge is 0.342 e. The summed E-state index contributed by atoms with van der Waals surface area (Å²) in [5.41, 5.74) is -0.243. The smallest absolute Gasteiger partial charge is 0.227 e. The SMILES string of the molecule is CCCN(CC1CC1C1CC=CCC1)C(=O)C(C)(C)C. The highest BCUT2D eigenvalue weighted by Gasteiger charge is 2.44. The number of allylic oxidation sites excluding steroid dienone is 2. The maximum absolute atomic E-state index is 12.5. The van der Waals surface area contributed by atoms with E-state index in [0.29, 0.717) is 5.91 Å². The molecule has 2 aliphatic carbocycles. The number of rotatable bonds is 5. The van der Waals surface area contributed by atoms with Crippen LogP contribution < -0.4 is 0 Å². The van der Waals surface area contributed by atoms with Gasteiger partial charge in [0.1, 0.15) is 0 Å². The van der Waals surface area contributed by atoms with E-state index in [1.54, 1.807) is 0 Å². The molecule has 0 heterocycles. The molecule has 0 bridgehead atoms. The molecular formula is C18H31NO. The van der Waals surface area contributed by atoms with E-state index in [1.165, 1.54) is 25.7 Å². The lowest BCUT2D eigenvalue weighted by Crippen LogP contribution is -2.41. The average molecular weight is 277 g/mol. The summed E-state index contributed by atoms with van der Waals surface area (Å²) >= 11 is 0. The van der Waals surface area contributed by atoms with Crippen molar-refractivity contribution in [1.82, 2.24) is 4.90 Å². The summed E-state index contributed by atoms with van der Waals surface area (Å²) in [6.07, 6.45) is 11.0. The zero-order valence-electron chi connectivity index (χ0n) is 13.7. The van der Waals surface area contributed by atoms with E-state index in [4.69, 9.17) is 0 Å². The van der Waals surface area contributed by atoms with Gasteiger partial charge in [-0.15, -0.1) is 0 Å². The van der Waals surface area contributed by atoms with E-state index in [-0.39, 0.29) is 5.41 Å². The normalized spacial score (nSPS) is 29.3. The molecule has 1 saturated carbocycles. The van der Waals surface area contributed by atoms with Crippen molar-refractivity contribution in [1.29, 1.82) is 0 Å². The van der Waals surface area contributed by atoms with Crippen molar-refractivity contribution in [3.8, 4) is 0 Å². The van der Waals surface area contributed by atoms with E-state index >= 15 is 0 Å². The molecule has 2 heteroatoms. The van der Waals surface area contributed by atoms with Crippen LogP contribution in [0.2, 0.25) is 0 Å². The molecule has 2 nitrogen and oxygen atoms in total. The van der Waals surface area contributed by atoms with Gasteiger partial charge in [-0.3, -0.25) is 4.79 Å². The molecule has 1 amide bonds. The topological polar surface area (TPSA) is 20.3 Å². The fourth-order valence-corrected chi connectivity index (χ4v) is 3.57. The minimum atomic E-state index is -0.243. The Labute approximate surface area is 124 Å². The highest BCUT2D eigenvalue weighted by molar-refractivity contribution is 5.81. The highest BCUT2D eigenvalue weighted by atomic mass is 16.2. The van der Waals surface area contributed by atoms with Crippen LogP contribution in [0.5, 0.6) is 0 Å². The molecule has 0 aliphatic heterocycles.